The zero-order chi connectivity index (χ0) is 16.2. The molecule has 1 aromatic rings. The molecule has 0 aliphatic carbocycles. The lowest BCUT2D eigenvalue weighted by Crippen LogP contribution is -2.43. The van der Waals surface area contributed by atoms with E-state index < -0.39 is 24.0 Å². The van der Waals surface area contributed by atoms with E-state index in [1.807, 2.05) is 33.8 Å². The molecule has 0 bridgehead atoms. The van der Waals surface area contributed by atoms with E-state index in [-0.39, 0.29) is 13.2 Å². The van der Waals surface area contributed by atoms with Gasteiger partial charge in [0.05, 0.1) is 31.5 Å². The van der Waals surface area contributed by atoms with E-state index in [9.17, 15) is 4.39 Å². The van der Waals surface area contributed by atoms with Gasteiger partial charge >= 0.3 is 7.12 Å². The summed E-state index contributed by atoms with van der Waals surface area (Å²) in [4.78, 5) is 0. The second-order valence-corrected chi connectivity index (χ2v) is 7.00. The number of rotatable bonds is 3. The van der Waals surface area contributed by atoms with Gasteiger partial charge in [0.25, 0.3) is 0 Å². The molecule has 0 aromatic heterocycles. The fourth-order valence-electron chi connectivity index (χ4n) is 2.60. The van der Waals surface area contributed by atoms with Crippen LogP contribution in [-0.4, -0.2) is 38.6 Å². The largest absolute Gasteiger partial charge is 0.498 e. The average Bonchev–Trinajstić information content (AvgIpc) is 2.64. The number of alkyl halides is 1. The van der Waals surface area contributed by atoms with Crippen molar-refractivity contribution in [3.8, 4) is 5.75 Å². The molecule has 2 aliphatic rings. The van der Waals surface area contributed by atoms with Gasteiger partial charge in [-0.25, -0.2) is 4.39 Å². The van der Waals surface area contributed by atoms with Gasteiger partial charge in [-0.2, -0.15) is 0 Å². The number of methoxy groups -OCH3 is 1. The summed E-state index contributed by atoms with van der Waals surface area (Å²) in [5, 5.41) is 0. The third kappa shape index (κ3) is 2.34. The number of ether oxygens (including phenoxy) is 2. The normalized spacial score (nSPS) is 24.9. The summed E-state index contributed by atoms with van der Waals surface area (Å²) in [6, 6.07) is 5.28. The Morgan fingerprint density at radius 1 is 1.09 bits per heavy atom. The molecule has 0 atom stereocenters. The highest BCUT2D eigenvalue weighted by molar-refractivity contribution is 6.63. The molecule has 2 saturated heterocycles. The molecule has 6 heteroatoms. The topological polar surface area (TPSA) is 36.9 Å². The lowest BCUT2D eigenvalue weighted by Gasteiger charge is -2.34. The van der Waals surface area contributed by atoms with E-state index in [4.69, 9.17) is 18.8 Å². The molecule has 3 rings (SSSR count). The minimum Gasteiger partial charge on any atom is -0.497 e. The van der Waals surface area contributed by atoms with Crippen LogP contribution >= 0.6 is 0 Å². The Morgan fingerprint density at radius 3 is 2.14 bits per heavy atom. The number of halogens is 1. The van der Waals surface area contributed by atoms with E-state index in [1.165, 1.54) is 0 Å². The maximum Gasteiger partial charge on any atom is 0.498 e. The molecule has 2 fully saturated rings. The van der Waals surface area contributed by atoms with Gasteiger partial charge in [-0.1, -0.05) is 12.1 Å². The summed E-state index contributed by atoms with van der Waals surface area (Å²) in [6.07, 6.45) is 0. The molecule has 0 saturated carbocycles. The number of hydrogen-bond donors (Lipinski definition) is 0. The summed E-state index contributed by atoms with van der Waals surface area (Å²) in [5.74, 6) is 0.569. The molecule has 4 nitrogen and oxygen atoms in total. The van der Waals surface area contributed by atoms with Crippen molar-refractivity contribution in [2.24, 2.45) is 0 Å². The number of hydrogen-bond acceptors (Lipinski definition) is 4. The summed E-state index contributed by atoms with van der Waals surface area (Å²) in [5.41, 5.74) is -0.930. The molecule has 0 radical (unpaired) electrons. The minimum atomic E-state index is -1.41. The maximum atomic E-state index is 14.5. The SMILES string of the molecule is COc1cc(C2(F)COC2)ccc1B1OC(C)(C)C(C)(C)O1. The van der Waals surface area contributed by atoms with Crippen LogP contribution in [-0.2, 0) is 19.7 Å². The van der Waals surface area contributed by atoms with Crippen molar-refractivity contribution in [3.05, 3.63) is 23.8 Å². The first-order valence-electron chi connectivity index (χ1n) is 7.49. The van der Waals surface area contributed by atoms with E-state index in [2.05, 4.69) is 0 Å². The van der Waals surface area contributed by atoms with E-state index in [1.54, 1.807) is 19.2 Å². The Kier molecular flexibility index (Phi) is 3.55. The first-order valence-corrected chi connectivity index (χ1v) is 7.49. The van der Waals surface area contributed by atoms with Gasteiger partial charge in [0, 0.05) is 5.46 Å². The molecule has 0 N–H and O–H groups in total. The van der Waals surface area contributed by atoms with E-state index in [0.717, 1.165) is 5.46 Å². The zero-order valence-electron chi connectivity index (χ0n) is 13.7. The molecular weight excluding hydrogens is 286 g/mol. The van der Waals surface area contributed by atoms with Crippen molar-refractivity contribution in [1.82, 2.24) is 0 Å². The van der Waals surface area contributed by atoms with E-state index in [0.29, 0.717) is 11.3 Å². The lowest BCUT2D eigenvalue weighted by molar-refractivity contribution is -0.135. The van der Waals surface area contributed by atoms with Gasteiger partial charge in [-0.15, -0.1) is 0 Å². The van der Waals surface area contributed by atoms with Crippen LogP contribution in [0, 0.1) is 0 Å². The predicted octanol–water partition coefficient (Wildman–Crippen LogP) is 2.19. The van der Waals surface area contributed by atoms with Gasteiger partial charge < -0.3 is 18.8 Å². The molecule has 0 amide bonds. The Balaban J connectivity index is 1.92. The average molecular weight is 308 g/mol. The quantitative estimate of drug-likeness (QED) is 0.802. The molecule has 0 spiro atoms. The highest BCUT2D eigenvalue weighted by atomic mass is 19.1. The summed E-state index contributed by atoms with van der Waals surface area (Å²) in [6.45, 7) is 8.16. The van der Waals surface area contributed by atoms with Crippen LogP contribution in [0.5, 0.6) is 5.75 Å². The van der Waals surface area contributed by atoms with Gasteiger partial charge in [0.2, 0.25) is 0 Å². The molecule has 22 heavy (non-hydrogen) atoms. The third-order valence-corrected chi connectivity index (χ3v) is 4.92. The van der Waals surface area contributed by atoms with Crippen molar-refractivity contribution >= 4 is 12.6 Å². The molecular formula is C16H22BFO4. The molecule has 1 aromatic carbocycles. The fourth-order valence-corrected chi connectivity index (χ4v) is 2.60. The van der Waals surface area contributed by atoms with Gasteiger partial charge in [-0.05, 0) is 39.3 Å². The second-order valence-electron chi connectivity index (χ2n) is 7.00. The van der Waals surface area contributed by atoms with Crippen molar-refractivity contribution in [2.75, 3.05) is 20.3 Å². The van der Waals surface area contributed by atoms with Gasteiger partial charge in [-0.3, -0.25) is 0 Å². The van der Waals surface area contributed by atoms with Crippen molar-refractivity contribution in [1.29, 1.82) is 0 Å². The first-order chi connectivity index (χ1) is 10.2. The summed E-state index contributed by atoms with van der Waals surface area (Å²) in [7, 11) is 1.04. The maximum absolute atomic E-state index is 14.5. The van der Waals surface area contributed by atoms with Crippen LogP contribution in [0.3, 0.4) is 0 Å². The highest BCUT2D eigenvalue weighted by Crippen LogP contribution is 2.38. The second kappa shape index (κ2) is 4.95. The van der Waals surface area contributed by atoms with Crippen LogP contribution in [0.1, 0.15) is 33.3 Å². The molecule has 0 unspecified atom stereocenters. The van der Waals surface area contributed by atoms with Crippen molar-refractivity contribution in [3.63, 3.8) is 0 Å². The first kappa shape index (κ1) is 15.8. The Labute approximate surface area is 131 Å². The van der Waals surface area contributed by atoms with Crippen molar-refractivity contribution in [2.45, 2.75) is 44.6 Å². The van der Waals surface area contributed by atoms with Crippen LogP contribution < -0.4 is 10.2 Å². The molecule has 2 aliphatic heterocycles. The summed E-state index contributed by atoms with van der Waals surface area (Å²) >= 11 is 0. The van der Waals surface area contributed by atoms with Crippen LogP contribution in [0.15, 0.2) is 18.2 Å². The fraction of sp³-hybridized carbons (Fsp3) is 0.625. The zero-order valence-corrected chi connectivity index (χ0v) is 13.7. The van der Waals surface area contributed by atoms with Gasteiger partial charge in [0.15, 0.2) is 5.67 Å². The van der Waals surface area contributed by atoms with Crippen molar-refractivity contribution < 1.29 is 23.2 Å². The molecule has 2 heterocycles. The van der Waals surface area contributed by atoms with Crippen LogP contribution in [0.4, 0.5) is 4.39 Å². The van der Waals surface area contributed by atoms with Crippen LogP contribution in [0.2, 0.25) is 0 Å². The van der Waals surface area contributed by atoms with E-state index >= 15 is 0 Å². The standard InChI is InChI=1S/C16H22BFO4/c1-14(2)15(3,4)22-17(21-14)12-7-6-11(8-13(12)19-5)16(18)9-20-10-16/h6-8H,9-10H2,1-5H3. The van der Waals surface area contributed by atoms with Crippen LogP contribution in [0.25, 0.3) is 0 Å². The Hall–Kier alpha value is -1.11. The smallest absolute Gasteiger partial charge is 0.497 e. The minimum absolute atomic E-state index is 0.0893. The highest BCUT2D eigenvalue weighted by Gasteiger charge is 2.52. The Morgan fingerprint density at radius 2 is 1.68 bits per heavy atom. The monoisotopic (exact) mass is 308 g/mol. The van der Waals surface area contributed by atoms with Gasteiger partial charge in [0.1, 0.15) is 5.75 Å². The lowest BCUT2D eigenvalue weighted by atomic mass is 9.77. The number of benzene rings is 1. The Bertz CT molecular complexity index is 568. The summed E-state index contributed by atoms with van der Waals surface area (Å²) < 4.78 is 37.0. The predicted molar refractivity (Wildman–Crippen MR) is 82.3 cm³/mol. The molecule has 120 valence electrons. The third-order valence-electron chi connectivity index (χ3n) is 4.92.